The molecule has 0 radical (unpaired) electrons. The summed E-state index contributed by atoms with van der Waals surface area (Å²) in [6, 6.07) is -1.19. The molecule has 0 aromatic carbocycles. The zero-order valence-corrected chi connectivity index (χ0v) is 46.2. The van der Waals surface area contributed by atoms with Gasteiger partial charge in [0.25, 0.3) is 0 Å². The van der Waals surface area contributed by atoms with E-state index in [-0.39, 0.29) is 12.8 Å². The molecule has 1 heterocycles. The van der Waals surface area contributed by atoms with E-state index in [1.165, 1.54) is 167 Å². The number of carbonyl (C=O) groups is 1. The highest BCUT2D eigenvalue weighted by Gasteiger charge is 2.44. The number of allylic oxidation sites excluding steroid dienone is 8. The Morgan fingerprint density at radius 2 is 0.875 bits per heavy atom. The van der Waals surface area contributed by atoms with Gasteiger partial charge < -0.3 is 50.5 Å². The normalized spacial score (nSPS) is 20.4. The molecule has 1 aliphatic heterocycles. The summed E-state index contributed by atoms with van der Waals surface area (Å²) in [4.78, 5) is 13.2. The van der Waals surface area contributed by atoms with Crippen molar-refractivity contribution in [2.75, 3.05) is 13.2 Å². The summed E-state index contributed by atoms with van der Waals surface area (Å²) < 4.78 is 11.1. The monoisotopic (exact) mass is 1020 g/mol. The predicted octanol–water partition coefficient (Wildman–Crippen LogP) is 12.8. The predicted molar refractivity (Wildman–Crippen MR) is 298 cm³/mol. The third-order valence-electron chi connectivity index (χ3n) is 14.3. The van der Waals surface area contributed by atoms with E-state index in [1.54, 1.807) is 0 Å². The van der Waals surface area contributed by atoms with Gasteiger partial charge in [-0.1, -0.05) is 229 Å². The average molecular weight is 1020 g/mol. The summed E-state index contributed by atoms with van der Waals surface area (Å²) >= 11 is 0. The van der Waals surface area contributed by atoms with Crippen molar-refractivity contribution in [2.24, 2.45) is 0 Å². The third-order valence-corrected chi connectivity index (χ3v) is 14.3. The number of hydrogen-bond donors (Lipinski definition) is 8. The molecule has 0 aromatic heterocycles. The van der Waals surface area contributed by atoms with Crippen molar-refractivity contribution in [3.8, 4) is 0 Å². The van der Waals surface area contributed by atoms with Gasteiger partial charge in [-0.25, -0.2) is 0 Å². The lowest BCUT2D eigenvalue weighted by Gasteiger charge is -2.40. The molecule has 1 saturated heterocycles. The van der Waals surface area contributed by atoms with Crippen molar-refractivity contribution in [3.05, 3.63) is 48.6 Å². The first kappa shape index (κ1) is 68.1. The van der Waals surface area contributed by atoms with Crippen LogP contribution in [0.15, 0.2) is 48.6 Å². The van der Waals surface area contributed by atoms with Crippen LogP contribution in [0.5, 0.6) is 0 Å². The van der Waals surface area contributed by atoms with Gasteiger partial charge in [0.15, 0.2) is 6.29 Å². The molecule has 1 fully saturated rings. The van der Waals surface area contributed by atoms with E-state index < -0.39 is 74.2 Å². The van der Waals surface area contributed by atoms with E-state index in [1.807, 2.05) is 0 Å². The van der Waals surface area contributed by atoms with Crippen LogP contribution in [-0.2, 0) is 14.3 Å². The highest BCUT2D eigenvalue weighted by molar-refractivity contribution is 5.80. The molecular formula is C61H113NO10. The van der Waals surface area contributed by atoms with Gasteiger partial charge in [-0.2, -0.15) is 0 Å². The quantitative estimate of drug-likeness (QED) is 0.0215. The van der Waals surface area contributed by atoms with E-state index in [0.29, 0.717) is 19.3 Å². The Morgan fingerprint density at radius 1 is 0.486 bits per heavy atom. The number of aliphatic hydroxyl groups excluding tert-OH is 7. The van der Waals surface area contributed by atoms with Crippen molar-refractivity contribution in [1.82, 2.24) is 5.32 Å². The number of amides is 1. The minimum absolute atomic E-state index is 0.245. The molecule has 0 aliphatic carbocycles. The fraction of sp³-hybridized carbons (Fsp3) is 0.852. The average Bonchev–Trinajstić information content (AvgIpc) is 3.38. The molecule has 11 nitrogen and oxygen atoms in total. The van der Waals surface area contributed by atoms with Crippen molar-refractivity contribution in [1.29, 1.82) is 0 Å². The van der Waals surface area contributed by atoms with Crippen LogP contribution < -0.4 is 5.32 Å². The van der Waals surface area contributed by atoms with Gasteiger partial charge in [-0.15, -0.1) is 0 Å². The van der Waals surface area contributed by atoms with E-state index in [2.05, 4.69) is 67.8 Å². The second-order valence-electron chi connectivity index (χ2n) is 21.0. The lowest BCUT2D eigenvalue weighted by atomic mass is 9.98. The number of aliphatic hydroxyl groups is 7. The minimum Gasteiger partial charge on any atom is -0.394 e. The summed E-state index contributed by atoms with van der Waals surface area (Å²) in [5.74, 6) is -0.712. The summed E-state index contributed by atoms with van der Waals surface area (Å²) in [5, 5.41) is 76.1. The van der Waals surface area contributed by atoms with Gasteiger partial charge in [-0.3, -0.25) is 4.79 Å². The smallest absolute Gasteiger partial charge is 0.249 e. The maximum atomic E-state index is 13.2. The second kappa shape index (κ2) is 49.9. The van der Waals surface area contributed by atoms with Crippen molar-refractivity contribution in [3.63, 3.8) is 0 Å². The fourth-order valence-corrected chi connectivity index (χ4v) is 9.43. The number of rotatable bonds is 51. The highest BCUT2D eigenvalue weighted by Crippen LogP contribution is 2.23. The molecule has 1 amide bonds. The van der Waals surface area contributed by atoms with E-state index in [9.17, 15) is 40.5 Å². The van der Waals surface area contributed by atoms with Crippen LogP contribution in [0.3, 0.4) is 0 Å². The molecule has 9 atom stereocenters. The molecule has 11 heteroatoms. The summed E-state index contributed by atoms with van der Waals surface area (Å²) in [6.45, 7) is 3.45. The largest absolute Gasteiger partial charge is 0.394 e. The topological polar surface area (TPSA) is 189 Å². The third kappa shape index (κ3) is 37.7. The van der Waals surface area contributed by atoms with Crippen LogP contribution in [0.1, 0.15) is 264 Å². The van der Waals surface area contributed by atoms with Gasteiger partial charge in [0.1, 0.15) is 36.6 Å². The number of nitrogens with one attached hydrogen (secondary N) is 1. The van der Waals surface area contributed by atoms with Gasteiger partial charge in [0.2, 0.25) is 5.91 Å². The lowest BCUT2D eigenvalue weighted by molar-refractivity contribution is -0.303. The number of ether oxygens (including phenoxy) is 2. The van der Waals surface area contributed by atoms with Gasteiger partial charge in [0.05, 0.1) is 25.4 Å². The van der Waals surface area contributed by atoms with Gasteiger partial charge in [-0.05, 0) is 83.5 Å². The number of hydrogen-bond acceptors (Lipinski definition) is 10. The molecule has 72 heavy (non-hydrogen) atoms. The molecule has 9 unspecified atom stereocenters. The number of carbonyl (C=O) groups excluding carboxylic acids is 1. The Balaban J connectivity index is 2.32. The van der Waals surface area contributed by atoms with Gasteiger partial charge >= 0.3 is 0 Å². The zero-order chi connectivity index (χ0) is 52.5. The first-order valence-corrected chi connectivity index (χ1v) is 30.0. The van der Waals surface area contributed by atoms with E-state index in [4.69, 9.17) is 9.47 Å². The Hall–Kier alpha value is -1.93. The first-order chi connectivity index (χ1) is 35.2. The SMILES string of the molecule is CCCCCCCCCCC/C=C\C/C=C\CCCCCCCCCCCCC(O)C(=O)NC(COC1OC(CO)C(O)C(O)C1O)C(O)C(O)CCC/C=C/CC/C=C/CCCCCCCCCCCC. The first-order valence-electron chi connectivity index (χ1n) is 30.0. The van der Waals surface area contributed by atoms with Crippen LogP contribution in [0.2, 0.25) is 0 Å². The van der Waals surface area contributed by atoms with Crippen LogP contribution in [0.25, 0.3) is 0 Å². The Kier molecular flexibility index (Phi) is 47.2. The van der Waals surface area contributed by atoms with Gasteiger partial charge in [0, 0.05) is 0 Å². The number of unbranched alkanes of at least 4 members (excludes halogenated alkanes) is 31. The molecule has 0 spiro atoms. The maximum absolute atomic E-state index is 13.2. The molecule has 0 saturated carbocycles. The van der Waals surface area contributed by atoms with Crippen molar-refractivity contribution < 1.29 is 50.0 Å². The van der Waals surface area contributed by atoms with Crippen molar-refractivity contribution in [2.45, 2.75) is 319 Å². The fourth-order valence-electron chi connectivity index (χ4n) is 9.43. The van der Waals surface area contributed by atoms with Crippen molar-refractivity contribution >= 4 is 5.91 Å². The summed E-state index contributed by atoms with van der Waals surface area (Å²) in [6.07, 6.45) is 51.7. The molecule has 422 valence electrons. The van der Waals surface area contributed by atoms with Crippen LogP contribution in [0.4, 0.5) is 0 Å². The standard InChI is InChI=1S/C61H113NO10/c1-3-5-7-9-11-13-15-17-19-21-23-24-25-26-27-28-29-31-33-35-37-39-41-43-45-47-49-54(65)60(70)62-52(51-71-61-59(69)58(68)57(67)55(50-63)72-61)56(66)53(64)48-46-44-42-40-38-36-34-32-30-22-20-18-16-14-12-10-8-6-4-2/h23-24,26-27,32,34,40,42,52-59,61,63-69H,3-22,25,28-31,33,35-39,41,43-51H2,1-2H3,(H,62,70)/b24-23-,27-26-,34-32+,42-40+. The molecular weight excluding hydrogens is 907 g/mol. The molecule has 1 rings (SSSR count). The summed E-state index contributed by atoms with van der Waals surface area (Å²) in [5.41, 5.74) is 0. The molecule has 0 bridgehead atoms. The molecule has 1 aliphatic rings. The molecule has 8 N–H and O–H groups in total. The van der Waals surface area contributed by atoms with E-state index >= 15 is 0 Å². The minimum atomic E-state index is -1.67. The Bertz CT molecular complexity index is 1310. The Labute approximate surface area is 440 Å². The highest BCUT2D eigenvalue weighted by atomic mass is 16.7. The maximum Gasteiger partial charge on any atom is 0.249 e. The zero-order valence-electron chi connectivity index (χ0n) is 46.2. The van der Waals surface area contributed by atoms with E-state index in [0.717, 1.165) is 51.4 Å². The van der Waals surface area contributed by atoms with Crippen LogP contribution in [0, 0.1) is 0 Å². The summed E-state index contributed by atoms with van der Waals surface area (Å²) in [7, 11) is 0. The molecule has 0 aromatic rings. The van der Waals surface area contributed by atoms with Crippen LogP contribution >= 0.6 is 0 Å². The Morgan fingerprint density at radius 3 is 1.32 bits per heavy atom. The second-order valence-corrected chi connectivity index (χ2v) is 21.0. The lowest BCUT2D eigenvalue weighted by Crippen LogP contribution is -2.60. The van der Waals surface area contributed by atoms with Crippen LogP contribution in [-0.4, -0.2) is 110 Å².